The lowest BCUT2D eigenvalue weighted by Crippen LogP contribution is -2.36. The predicted octanol–water partition coefficient (Wildman–Crippen LogP) is 5.88. The van der Waals surface area contributed by atoms with E-state index in [2.05, 4.69) is 26.9 Å². The maximum atomic E-state index is 14.4. The van der Waals surface area contributed by atoms with Gasteiger partial charge in [-0.05, 0) is 68.4 Å². The van der Waals surface area contributed by atoms with Gasteiger partial charge in [0.2, 0.25) is 0 Å². The number of nitrogens with one attached hydrogen (secondary N) is 1. The van der Waals surface area contributed by atoms with Crippen LogP contribution in [0.4, 0.5) is 0 Å². The van der Waals surface area contributed by atoms with E-state index in [9.17, 15) is 18.3 Å². The highest BCUT2D eigenvalue weighted by Crippen LogP contribution is 2.41. The SMILES string of the molecule is CN(C)CCn1c(C(=O)NC2CCCCCC2)c(C(c2ccc(O)cc2)c2ccc(OS(C)(=O)=O)cc2)c2ccccc21. The fourth-order valence-electron chi connectivity index (χ4n) is 6.16. The Morgan fingerprint density at radius 3 is 2.16 bits per heavy atom. The van der Waals surface area contributed by atoms with Crippen LogP contribution < -0.4 is 9.50 Å². The normalized spacial score (nSPS) is 15.3. The van der Waals surface area contributed by atoms with E-state index in [-0.39, 0.29) is 29.4 Å². The molecule has 0 aliphatic heterocycles. The molecule has 0 saturated heterocycles. The number of fused-ring (bicyclic) bond motifs is 1. The Kier molecular flexibility index (Phi) is 9.42. The summed E-state index contributed by atoms with van der Waals surface area (Å²) in [5.41, 5.74) is 4.25. The van der Waals surface area contributed by atoms with Gasteiger partial charge < -0.3 is 24.1 Å². The molecule has 5 rings (SSSR count). The molecule has 9 heteroatoms. The second-order valence-electron chi connectivity index (χ2n) is 11.8. The maximum absolute atomic E-state index is 14.4. The smallest absolute Gasteiger partial charge is 0.306 e. The molecule has 0 spiro atoms. The molecule has 1 saturated carbocycles. The third-order valence-corrected chi connectivity index (χ3v) is 8.66. The predicted molar refractivity (Wildman–Crippen MR) is 170 cm³/mol. The molecule has 2 N–H and O–H groups in total. The van der Waals surface area contributed by atoms with Crippen molar-refractivity contribution in [2.75, 3.05) is 26.9 Å². The highest BCUT2D eigenvalue weighted by Gasteiger charge is 2.31. The molecule has 1 aromatic heterocycles. The van der Waals surface area contributed by atoms with Gasteiger partial charge in [0.25, 0.3) is 5.91 Å². The van der Waals surface area contributed by atoms with Crippen LogP contribution in [0.5, 0.6) is 11.5 Å². The van der Waals surface area contributed by atoms with Crippen LogP contribution in [0.3, 0.4) is 0 Å². The Hall–Kier alpha value is -3.82. The third-order valence-electron chi connectivity index (χ3n) is 8.16. The minimum Gasteiger partial charge on any atom is -0.508 e. The molecule has 0 bridgehead atoms. The van der Waals surface area contributed by atoms with Crippen molar-refractivity contribution in [3.63, 3.8) is 0 Å². The first kappa shape index (κ1) is 30.6. The van der Waals surface area contributed by atoms with E-state index in [0.29, 0.717) is 12.2 Å². The number of benzene rings is 3. The Morgan fingerprint density at radius 1 is 0.953 bits per heavy atom. The molecule has 1 heterocycles. The van der Waals surface area contributed by atoms with Crippen molar-refractivity contribution < 1.29 is 22.5 Å². The van der Waals surface area contributed by atoms with Crippen molar-refractivity contribution in [2.45, 2.75) is 57.0 Å². The average Bonchev–Trinajstić information content (AvgIpc) is 3.07. The summed E-state index contributed by atoms with van der Waals surface area (Å²) in [6.45, 7) is 1.38. The minimum atomic E-state index is -3.68. The van der Waals surface area contributed by atoms with Crippen LogP contribution in [-0.2, 0) is 16.7 Å². The van der Waals surface area contributed by atoms with Gasteiger partial charge in [-0.25, -0.2) is 0 Å². The molecule has 1 amide bonds. The number of rotatable bonds is 10. The quantitative estimate of drug-likeness (QED) is 0.174. The Morgan fingerprint density at radius 2 is 1.56 bits per heavy atom. The van der Waals surface area contributed by atoms with Crippen molar-refractivity contribution in [1.29, 1.82) is 0 Å². The second-order valence-corrected chi connectivity index (χ2v) is 13.4. The van der Waals surface area contributed by atoms with E-state index < -0.39 is 10.1 Å². The molecule has 1 atom stereocenters. The van der Waals surface area contributed by atoms with Crippen molar-refractivity contribution in [3.8, 4) is 11.5 Å². The van der Waals surface area contributed by atoms with Crippen LogP contribution >= 0.6 is 0 Å². The van der Waals surface area contributed by atoms with Crippen LogP contribution in [0.1, 0.15) is 71.6 Å². The lowest BCUT2D eigenvalue weighted by atomic mass is 9.83. The molecule has 0 radical (unpaired) electrons. The molecule has 1 aliphatic carbocycles. The second kappa shape index (κ2) is 13.2. The zero-order valence-electron chi connectivity index (χ0n) is 25.1. The number of phenols is 1. The average molecular weight is 604 g/mol. The summed E-state index contributed by atoms with van der Waals surface area (Å²) in [4.78, 5) is 16.6. The third kappa shape index (κ3) is 7.40. The van der Waals surface area contributed by atoms with Gasteiger partial charge in [-0.2, -0.15) is 8.42 Å². The first-order chi connectivity index (χ1) is 20.6. The Labute approximate surface area is 254 Å². The van der Waals surface area contributed by atoms with E-state index in [0.717, 1.165) is 66.1 Å². The van der Waals surface area contributed by atoms with Crippen molar-refractivity contribution in [2.24, 2.45) is 0 Å². The number of nitrogens with zero attached hydrogens (tertiary/aromatic N) is 2. The first-order valence-electron chi connectivity index (χ1n) is 15.0. The summed E-state index contributed by atoms with van der Waals surface area (Å²) < 4.78 is 30.8. The fraction of sp³-hybridized carbons (Fsp3) is 0.382. The van der Waals surface area contributed by atoms with E-state index in [1.54, 1.807) is 24.3 Å². The van der Waals surface area contributed by atoms with Gasteiger partial charge in [-0.15, -0.1) is 0 Å². The summed E-state index contributed by atoms with van der Waals surface area (Å²) >= 11 is 0. The molecule has 1 fully saturated rings. The molecule has 4 aromatic rings. The van der Waals surface area contributed by atoms with Crippen molar-refractivity contribution >= 4 is 26.9 Å². The summed E-state index contributed by atoms with van der Waals surface area (Å²) in [7, 11) is 0.369. The number of likely N-dealkylation sites (N-methyl/N-ethyl adjacent to an activating group) is 1. The number of amides is 1. The molecule has 8 nitrogen and oxygen atoms in total. The number of aromatic hydroxyl groups is 1. The van der Waals surface area contributed by atoms with E-state index in [1.165, 1.54) is 12.8 Å². The van der Waals surface area contributed by atoms with Crippen LogP contribution in [-0.4, -0.2) is 61.8 Å². The van der Waals surface area contributed by atoms with Gasteiger partial charge >= 0.3 is 10.1 Å². The number of para-hydroxylation sites is 1. The van der Waals surface area contributed by atoms with Gasteiger partial charge in [-0.1, -0.05) is 68.1 Å². The lowest BCUT2D eigenvalue weighted by Gasteiger charge is -2.23. The molecule has 1 aliphatic rings. The maximum Gasteiger partial charge on any atom is 0.306 e. The van der Waals surface area contributed by atoms with Gasteiger partial charge in [0.1, 0.15) is 17.2 Å². The number of carbonyl (C=O) groups is 1. The Bertz CT molecular complexity index is 1650. The summed E-state index contributed by atoms with van der Waals surface area (Å²) in [6.07, 6.45) is 7.58. The molecule has 228 valence electrons. The van der Waals surface area contributed by atoms with E-state index in [4.69, 9.17) is 4.18 Å². The van der Waals surface area contributed by atoms with Gasteiger partial charge in [0, 0.05) is 41.5 Å². The highest BCUT2D eigenvalue weighted by molar-refractivity contribution is 7.86. The molecular weight excluding hydrogens is 562 g/mol. The number of hydrogen-bond donors (Lipinski definition) is 2. The molecular formula is C34H41N3O5S. The monoisotopic (exact) mass is 603 g/mol. The highest BCUT2D eigenvalue weighted by atomic mass is 32.2. The van der Waals surface area contributed by atoms with Crippen LogP contribution in [0, 0.1) is 0 Å². The standard InChI is InChI=1S/C34H41N3O5S/c1-36(2)22-23-37-30-13-9-8-12-29(30)32(33(37)34(39)35-26-10-6-4-5-7-11-26)31(24-14-18-27(38)19-15-24)25-16-20-28(21-17-25)42-43(3,40)41/h8-9,12-21,26,31,38H,4-7,10-11,22-23H2,1-3H3,(H,35,39). The molecule has 1 unspecified atom stereocenters. The van der Waals surface area contributed by atoms with Crippen molar-refractivity contribution in [3.05, 3.63) is 95.2 Å². The first-order valence-corrected chi connectivity index (χ1v) is 16.8. The summed E-state index contributed by atoms with van der Waals surface area (Å²) in [5, 5.41) is 14.5. The number of carbonyl (C=O) groups excluding carboxylic acids is 1. The number of aromatic nitrogens is 1. The zero-order valence-corrected chi connectivity index (χ0v) is 25.9. The number of hydrogen-bond acceptors (Lipinski definition) is 6. The van der Waals surface area contributed by atoms with Crippen LogP contribution in [0.25, 0.3) is 10.9 Å². The van der Waals surface area contributed by atoms with Gasteiger partial charge in [0.15, 0.2) is 0 Å². The largest absolute Gasteiger partial charge is 0.508 e. The Balaban J connectivity index is 1.72. The topological polar surface area (TPSA) is 101 Å². The van der Waals surface area contributed by atoms with E-state index in [1.807, 2.05) is 50.5 Å². The van der Waals surface area contributed by atoms with E-state index >= 15 is 0 Å². The number of phenolic OH excluding ortho intramolecular Hbond substituents is 1. The van der Waals surface area contributed by atoms with Gasteiger partial charge in [0.05, 0.1) is 6.26 Å². The van der Waals surface area contributed by atoms with Gasteiger partial charge in [-0.3, -0.25) is 4.79 Å². The summed E-state index contributed by atoms with van der Waals surface area (Å²) in [6, 6.07) is 22.3. The lowest BCUT2D eigenvalue weighted by molar-refractivity contribution is 0.0922. The van der Waals surface area contributed by atoms with Crippen LogP contribution in [0.2, 0.25) is 0 Å². The molecule has 3 aromatic carbocycles. The zero-order chi connectivity index (χ0) is 30.6. The van der Waals surface area contributed by atoms with Crippen LogP contribution in [0.15, 0.2) is 72.8 Å². The fourth-order valence-corrected chi connectivity index (χ4v) is 6.62. The van der Waals surface area contributed by atoms with Crippen molar-refractivity contribution in [1.82, 2.24) is 14.8 Å². The molecule has 43 heavy (non-hydrogen) atoms. The summed E-state index contributed by atoms with van der Waals surface area (Å²) in [5.74, 6) is -0.0967. The minimum absolute atomic E-state index is 0.0855.